The molecule has 0 unspecified atom stereocenters. The van der Waals surface area contributed by atoms with Crippen LogP contribution in [0.25, 0.3) is 0 Å². The van der Waals surface area contributed by atoms with E-state index < -0.39 is 0 Å². The van der Waals surface area contributed by atoms with Gasteiger partial charge in [0.15, 0.2) is 0 Å². The van der Waals surface area contributed by atoms with E-state index >= 15 is 0 Å². The number of piperazine rings is 1. The van der Waals surface area contributed by atoms with Crippen LogP contribution >= 0.6 is 0 Å². The molecule has 7 heteroatoms. The van der Waals surface area contributed by atoms with Gasteiger partial charge < -0.3 is 20.4 Å². The van der Waals surface area contributed by atoms with Gasteiger partial charge in [-0.2, -0.15) is 0 Å². The van der Waals surface area contributed by atoms with Crippen molar-refractivity contribution in [1.82, 2.24) is 14.8 Å². The summed E-state index contributed by atoms with van der Waals surface area (Å²) in [6, 6.07) is 18.2. The van der Waals surface area contributed by atoms with E-state index in [0.29, 0.717) is 16.8 Å². The lowest BCUT2D eigenvalue weighted by molar-refractivity contribution is 0.0664. The van der Waals surface area contributed by atoms with Crippen molar-refractivity contribution < 1.29 is 9.59 Å². The first-order chi connectivity index (χ1) is 15.1. The summed E-state index contributed by atoms with van der Waals surface area (Å²) in [5.74, 6) is -0.156. The molecule has 0 atom stereocenters. The van der Waals surface area contributed by atoms with Gasteiger partial charge in [-0.15, -0.1) is 0 Å². The van der Waals surface area contributed by atoms with Crippen molar-refractivity contribution in [2.24, 2.45) is 0 Å². The van der Waals surface area contributed by atoms with Crippen LogP contribution in [0.5, 0.6) is 0 Å². The maximum absolute atomic E-state index is 12.9. The number of rotatable bonds is 5. The molecule has 2 amide bonds. The summed E-state index contributed by atoms with van der Waals surface area (Å²) in [4.78, 5) is 33.5. The molecule has 0 radical (unpaired) electrons. The number of amides is 2. The Morgan fingerprint density at radius 1 is 0.806 bits per heavy atom. The molecule has 158 valence electrons. The van der Waals surface area contributed by atoms with E-state index in [1.807, 2.05) is 41.3 Å². The smallest absolute Gasteiger partial charge is 0.255 e. The molecule has 1 aliphatic rings. The van der Waals surface area contributed by atoms with Crippen LogP contribution in [0.4, 0.5) is 17.1 Å². The maximum atomic E-state index is 12.9. The molecule has 2 aromatic carbocycles. The first-order valence-electron chi connectivity index (χ1n) is 10.2. The fourth-order valence-corrected chi connectivity index (χ4v) is 3.47. The zero-order chi connectivity index (χ0) is 21.6. The molecule has 0 bridgehead atoms. The molecule has 4 rings (SSSR count). The number of carbonyl (C=O) groups excluding carboxylic acids is 2. The van der Waals surface area contributed by atoms with Crippen molar-refractivity contribution in [1.29, 1.82) is 0 Å². The van der Waals surface area contributed by atoms with Crippen molar-refractivity contribution >= 4 is 28.9 Å². The quantitative estimate of drug-likeness (QED) is 0.667. The Morgan fingerprint density at radius 2 is 1.42 bits per heavy atom. The number of nitrogens with zero attached hydrogens (tertiary/aromatic N) is 3. The Labute approximate surface area is 181 Å². The van der Waals surface area contributed by atoms with E-state index in [1.165, 1.54) is 0 Å². The molecule has 2 heterocycles. The summed E-state index contributed by atoms with van der Waals surface area (Å²) in [6.45, 7) is 3.25. The van der Waals surface area contributed by atoms with Crippen LogP contribution in [0.1, 0.15) is 20.7 Å². The van der Waals surface area contributed by atoms with Crippen molar-refractivity contribution in [3.8, 4) is 0 Å². The maximum Gasteiger partial charge on any atom is 0.255 e. The first-order valence-corrected chi connectivity index (χ1v) is 10.2. The van der Waals surface area contributed by atoms with Gasteiger partial charge in [-0.3, -0.25) is 14.6 Å². The monoisotopic (exact) mass is 415 g/mol. The predicted octanol–water partition coefficient (Wildman–Crippen LogP) is 3.47. The van der Waals surface area contributed by atoms with Gasteiger partial charge in [0.05, 0.1) is 0 Å². The van der Waals surface area contributed by atoms with E-state index in [1.54, 1.807) is 36.7 Å². The Hall–Kier alpha value is -3.71. The predicted molar refractivity (Wildman–Crippen MR) is 122 cm³/mol. The lowest BCUT2D eigenvalue weighted by Gasteiger charge is -2.32. The molecule has 0 aliphatic carbocycles. The number of likely N-dealkylation sites (N-methyl/N-ethyl adjacent to an activating group) is 1. The SMILES string of the molecule is CN1CCN(C(=O)c2cccc(Nc3cccc(C(=O)Nc4ccncc4)c3)c2)CC1. The number of carbonyl (C=O) groups is 2. The van der Waals surface area contributed by atoms with Gasteiger partial charge >= 0.3 is 0 Å². The summed E-state index contributed by atoms with van der Waals surface area (Å²) in [7, 11) is 2.07. The van der Waals surface area contributed by atoms with Crippen molar-refractivity contribution in [2.75, 3.05) is 43.9 Å². The number of pyridine rings is 1. The normalized spacial score (nSPS) is 14.2. The van der Waals surface area contributed by atoms with Crippen LogP contribution in [-0.4, -0.2) is 59.8 Å². The molecule has 3 aromatic rings. The van der Waals surface area contributed by atoms with Crippen molar-refractivity contribution in [2.45, 2.75) is 0 Å². The first kappa shape index (κ1) is 20.6. The van der Waals surface area contributed by atoms with Gasteiger partial charge in [-0.1, -0.05) is 12.1 Å². The highest BCUT2D eigenvalue weighted by atomic mass is 16.2. The Balaban J connectivity index is 1.45. The van der Waals surface area contributed by atoms with Gasteiger partial charge in [0.2, 0.25) is 0 Å². The topological polar surface area (TPSA) is 77.6 Å². The average Bonchev–Trinajstić information content (AvgIpc) is 2.80. The lowest BCUT2D eigenvalue weighted by atomic mass is 10.1. The summed E-state index contributed by atoms with van der Waals surface area (Å²) >= 11 is 0. The molecule has 2 N–H and O–H groups in total. The van der Waals surface area contributed by atoms with Crippen LogP contribution < -0.4 is 10.6 Å². The van der Waals surface area contributed by atoms with Crippen LogP contribution in [0, 0.1) is 0 Å². The second-order valence-electron chi connectivity index (χ2n) is 7.57. The Kier molecular flexibility index (Phi) is 6.24. The number of hydrogen-bond acceptors (Lipinski definition) is 5. The number of benzene rings is 2. The highest BCUT2D eigenvalue weighted by Crippen LogP contribution is 2.21. The van der Waals surface area contributed by atoms with Crippen LogP contribution in [0.3, 0.4) is 0 Å². The minimum Gasteiger partial charge on any atom is -0.355 e. The molecule has 1 aromatic heterocycles. The van der Waals surface area contributed by atoms with Crippen LogP contribution in [0.2, 0.25) is 0 Å². The summed E-state index contributed by atoms with van der Waals surface area (Å²) in [6.07, 6.45) is 3.26. The Morgan fingerprint density at radius 3 is 2.10 bits per heavy atom. The van der Waals surface area contributed by atoms with E-state index in [0.717, 1.165) is 37.6 Å². The molecule has 1 saturated heterocycles. The van der Waals surface area contributed by atoms with Crippen molar-refractivity contribution in [3.63, 3.8) is 0 Å². The average molecular weight is 415 g/mol. The third kappa shape index (κ3) is 5.26. The van der Waals surface area contributed by atoms with Gasteiger partial charge in [-0.05, 0) is 55.6 Å². The zero-order valence-corrected chi connectivity index (χ0v) is 17.4. The number of hydrogen-bond donors (Lipinski definition) is 2. The lowest BCUT2D eigenvalue weighted by Crippen LogP contribution is -2.47. The van der Waals surface area contributed by atoms with E-state index in [-0.39, 0.29) is 11.8 Å². The van der Waals surface area contributed by atoms with E-state index in [9.17, 15) is 9.59 Å². The minimum absolute atomic E-state index is 0.0437. The summed E-state index contributed by atoms with van der Waals surface area (Å²) in [5, 5.41) is 6.15. The number of anilines is 3. The standard InChI is InChI=1S/C24H25N5O2/c1-28-12-14-29(15-13-28)24(31)19-5-3-7-22(17-19)26-21-6-2-4-18(16-21)23(30)27-20-8-10-25-11-9-20/h2-11,16-17,26H,12-15H2,1H3,(H,25,27,30). The molecule has 0 saturated carbocycles. The zero-order valence-electron chi connectivity index (χ0n) is 17.4. The highest BCUT2D eigenvalue weighted by Gasteiger charge is 2.20. The summed E-state index contributed by atoms with van der Waals surface area (Å²) in [5.41, 5.74) is 3.44. The summed E-state index contributed by atoms with van der Waals surface area (Å²) < 4.78 is 0. The van der Waals surface area contributed by atoms with Crippen LogP contribution in [-0.2, 0) is 0 Å². The minimum atomic E-state index is -0.200. The fraction of sp³-hybridized carbons (Fsp3) is 0.208. The molecular weight excluding hydrogens is 390 g/mol. The van der Waals surface area contributed by atoms with Gasteiger partial charge in [0.1, 0.15) is 0 Å². The molecule has 1 fully saturated rings. The fourth-order valence-electron chi connectivity index (χ4n) is 3.47. The van der Waals surface area contributed by atoms with Crippen LogP contribution in [0.15, 0.2) is 73.1 Å². The molecule has 7 nitrogen and oxygen atoms in total. The molecule has 1 aliphatic heterocycles. The van der Waals surface area contributed by atoms with Gasteiger partial charge in [-0.25, -0.2) is 0 Å². The third-order valence-corrected chi connectivity index (χ3v) is 5.25. The van der Waals surface area contributed by atoms with Gasteiger partial charge in [0, 0.05) is 66.8 Å². The van der Waals surface area contributed by atoms with Crippen molar-refractivity contribution in [3.05, 3.63) is 84.2 Å². The highest BCUT2D eigenvalue weighted by molar-refractivity contribution is 6.04. The Bertz CT molecular complexity index is 1060. The van der Waals surface area contributed by atoms with Gasteiger partial charge in [0.25, 0.3) is 11.8 Å². The third-order valence-electron chi connectivity index (χ3n) is 5.25. The second-order valence-corrected chi connectivity index (χ2v) is 7.57. The van der Waals surface area contributed by atoms with E-state index in [2.05, 4.69) is 27.6 Å². The molecule has 31 heavy (non-hydrogen) atoms. The molecule has 0 spiro atoms. The largest absolute Gasteiger partial charge is 0.355 e. The number of aromatic nitrogens is 1. The number of nitrogens with one attached hydrogen (secondary N) is 2. The molecular formula is C24H25N5O2. The second kappa shape index (κ2) is 9.40. The van der Waals surface area contributed by atoms with E-state index in [4.69, 9.17) is 0 Å².